The molecule has 0 aliphatic heterocycles. The maximum atomic E-state index is 12.7. The van der Waals surface area contributed by atoms with E-state index in [0.29, 0.717) is 43.6 Å². The van der Waals surface area contributed by atoms with Crippen molar-refractivity contribution in [2.45, 2.75) is 5.16 Å². The number of nitrogens with one attached hydrogen (secondary N) is 1. The van der Waals surface area contributed by atoms with Gasteiger partial charge in [-0.2, -0.15) is 0 Å². The Hall–Kier alpha value is -3.40. The Morgan fingerprint density at radius 2 is 1.94 bits per heavy atom. The molecule has 172 valence electrons. The van der Waals surface area contributed by atoms with E-state index in [1.54, 1.807) is 31.4 Å². The smallest absolute Gasteiger partial charge is 0.234 e. The van der Waals surface area contributed by atoms with E-state index >= 15 is 0 Å². The molecule has 5 aromatic rings. The number of hydrogen-bond donors (Lipinski definition) is 2. The molecule has 0 saturated carbocycles. The number of aromatic nitrogens is 3. The Labute approximate surface area is 207 Å². The van der Waals surface area contributed by atoms with Crippen molar-refractivity contribution in [3.63, 3.8) is 0 Å². The van der Waals surface area contributed by atoms with Crippen molar-refractivity contribution in [1.82, 2.24) is 14.9 Å². The molecule has 11 heteroatoms. The third-order valence-corrected chi connectivity index (χ3v) is 6.63. The number of carbonyl (C=O) groups is 1. The summed E-state index contributed by atoms with van der Waals surface area (Å²) in [5, 5.41) is 14.2. The summed E-state index contributed by atoms with van der Waals surface area (Å²) < 4.78 is 12.7. The van der Waals surface area contributed by atoms with Crippen LogP contribution in [-0.2, 0) is 4.79 Å². The maximum Gasteiger partial charge on any atom is 0.234 e. The first-order valence-corrected chi connectivity index (χ1v) is 11.8. The predicted octanol–water partition coefficient (Wildman–Crippen LogP) is 5.60. The second kappa shape index (κ2) is 9.09. The molecule has 2 heterocycles. The molecule has 0 atom stereocenters. The molecule has 0 unspecified atom stereocenters. The SMILES string of the molecule is COc1cc2c(cc1NC(=O)CSc1nnc(-c3ccc(Cl)cc3Cl)n1N)oc1ccccc12. The van der Waals surface area contributed by atoms with E-state index < -0.39 is 0 Å². The van der Waals surface area contributed by atoms with Crippen LogP contribution in [0.4, 0.5) is 5.69 Å². The number of amides is 1. The average Bonchev–Trinajstić information content (AvgIpc) is 3.36. The lowest BCUT2D eigenvalue weighted by Gasteiger charge is -2.10. The fourth-order valence-corrected chi connectivity index (χ4v) is 4.71. The zero-order chi connectivity index (χ0) is 23.8. The molecule has 34 heavy (non-hydrogen) atoms. The van der Waals surface area contributed by atoms with E-state index in [0.717, 1.165) is 28.1 Å². The molecule has 2 aromatic heterocycles. The number of thioether (sulfide) groups is 1. The van der Waals surface area contributed by atoms with Gasteiger partial charge in [0.15, 0.2) is 5.82 Å². The number of fused-ring (bicyclic) bond motifs is 3. The lowest BCUT2D eigenvalue weighted by Crippen LogP contribution is -2.17. The van der Waals surface area contributed by atoms with Crippen molar-refractivity contribution >= 4 is 68.5 Å². The van der Waals surface area contributed by atoms with Crippen molar-refractivity contribution in [2.75, 3.05) is 24.0 Å². The third kappa shape index (κ3) is 4.13. The van der Waals surface area contributed by atoms with Crippen LogP contribution >= 0.6 is 35.0 Å². The van der Waals surface area contributed by atoms with Gasteiger partial charge in [-0.25, -0.2) is 4.68 Å². The number of benzene rings is 3. The minimum absolute atomic E-state index is 0.0466. The van der Waals surface area contributed by atoms with Crippen molar-refractivity contribution in [1.29, 1.82) is 0 Å². The molecule has 0 aliphatic carbocycles. The quantitative estimate of drug-likeness (QED) is 0.224. The molecule has 5 rings (SSSR count). The zero-order valence-electron chi connectivity index (χ0n) is 17.7. The highest BCUT2D eigenvalue weighted by Crippen LogP contribution is 2.36. The summed E-state index contributed by atoms with van der Waals surface area (Å²) in [7, 11) is 1.55. The summed E-state index contributed by atoms with van der Waals surface area (Å²) in [5.41, 5.74) is 2.50. The number of nitrogens with two attached hydrogens (primary N) is 1. The molecular formula is C23H17Cl2N5O3S. The number of carbonyl (C=O) groups excluding carboxylic acids is 1. The van der Waals surface area contributed by atoms with Gasteiger partial charge in [-0.15, -0.1) is 10.2 Å². The largest absolute Gasteiger partial charge is 0.495 e. The predicted molar refractivity (Wildman–Crippen MR) is 135 cm³/mol. The molecule has 0 bridgehead atoms. The fourth-order valence-electron chi connectivity index (χ4n) is 3.56. The number of nitrogen functional groups attached to an aromatic ring is 1. The van der Waals surface area contributed by atoms with Crippen molar-refractivity contribution in [2.24, 2.45) is 0 Å². The van der Waals surface area contributed by atoms with Gasteiger partial charge in [0.05, 0.1) is 23.6 Å². The third-order valence-electron chi connectivity index (χ3n) is 5.14. The van der Waals surface area contributed by atoms with Gasteiger partial charge >= 0.3 is 0 Å². The standard InChI is InChI=1S/C23H17Cl2N5O3S/c1-32-20-9-15-13-4-2-3-5-18(13)33-19(15)10-17(20)27-21(31)11-34-23-29-28-22(30(23)26)14-7-6-12(24)8-16(14)25/h2-10H,11,26H2,1H3,(H,27,31). The van der Waals surface area contributed by atoms with Gasteiger partial charge in [0.25, 0.3) is 0 Å². The van der Waals surface area contributed by atoms with Crippen LogP contribution in [0.1, 0.15) is 0 Å². The van der Waals surface area contributed by atoms with Crippen molar-refractivity contribution < 1.29 is 13.9 Å². The first-order chi connectivity index (χ1) is 16.4. The van der Waals surface area contributed by atoms with Crippen molar-refractivity contribution in [3.05, 3.63) is 64.6 Å². The van der Waals surface area contributed by atoms with Gasteiger partial charge in [0.2, 0.25) is 11.1 Å². The monoisotopic (exact) mass is 513 g/mol. The zero-order valence-corrected chi connectivity index (χ0v) is 20.0. The maximum absolute atomic E-state index is 12.7. The second-order valence-corrected chi connectivity index (χ2v) is 9.07. The van der Waals surface area contributed by atoms with E-state index in [-0.39, 0.29) is 11.7 Å². The molecular weight excluding hydrogens is 497 g/mol. The van der Waals surface area contributed by atoms with Gasteiger partial charge < -0.3 is 20.3 Å². The number of para-hydroxylation sites is 1. The highest BCUT2D eigenvalue weighted by molar-refractivity contribution is 7.99. The Morgan fingerprint density at radius 1 is 1.12 bits per heavy atom. The molecule has 0 fully saturated rings. The number of methoxy groups -OCH3 is 1. The lowest BCUT2D eigenvalue weighted by molar-refractivity contribution is -0.113. The first kappa shape index (κ1) is 22.4. The average molecular weight is 514 g/mol. The molecule has 0 aliphatic rings. The van der Waals surface area contributed by atoms with Gasteiger partial charge in [-0.3, -0.25) is 4.79 Å². The van der Waals surface area contributed by atoms with Crippen LogP contribution in [0.5, 0.6) is 5.75 Å². The molecule has 1 amide bonds. The Bertz CT molecular complexity index is 1550. The Morgan fingerprint density at radius 3 is 2.74 bits per heavy atom. The number of nitrogens with zero attached hydrogens (tertiary/aromatic N) is 3. The van der Waals surface area contributed by atoms with Crippen LogP contribution < -0.4 is 15.9 Å². The highest BCUT2D eigenvalue weighted by atomic mass is 35.5. The first-order valence-electron chi connectivity index (χ1n) is 10.0. The Balaban J connectivity index is 1.33. The van der Waals surface area contributed by atoms with Crippen molar-refractivity contribution in [3.8, 4) is 17.1 Å². The van der Waals surface area contributed by atoms with Gasteiger partial charge in [-0.05, 0) is 30.3 Å². The van der Waals surface area contributed by atoms with Crippen LogP contribution in [0.25, 0.3) is 33.3 Å². The summed E-state index contributed by atoms with van der Waals surface area (Å²) >= 11 is 13.3. The molecule has 0 saturated heterocycles. The summed E-state index contributed by atoms with van der Waals surface area (Å²) in [6, 6.07) is 16.3. The number of rotatable bonds is 6. The normalized spacial score (nSPS) is 11.3. The molecule has 3 N–H and O–H groups in total. The van der Waals surface area contributed by atoms with Gasteiger partial charge in [-0.1, -0.05) is 53.2 Å². The van der Waals surface area contributed by atoms with Crippen LogP contribution in [0.2, 0.25) is 10.0 Å². The summed E-state index contributed by atoms with van der Waals surface area (Å²) in [6.45, 7) is 0. The fraction of sp³-hybridized carbons (Fsp3) is 0.0870. The summed E-state index contributed by atoms with van der Waals surface area (Å²) in [4.78, 5) is 12.7. The number of ether oxygens (including phenoxy) is 1. The number of anilines is 1. The van der Waals surface area contributed by atoms with E-state index in [4.69, 9.17) is 38.2 Å². The van der Waals surface area contributed by atoms with Crippen LogP contribution in [0, 0.1) is 0 Å². The number of hydrogen-bond acceptors (Lipinski definition) is 7. The van der Waals surface area contributed by atoms with E-state index in [1.165, 1.54) is 4.68 Å². The number of furan rings is 1. The molecule has 3 aromatic carbocycles. The number of halogens is 2. The van der Waals surface area contributed by atoms with Crippen LogP contribution in [0.15, 0.2) is 64.2 Å². The van der Waals surface area contributed by atoms with Crippen LogP contribution in [0.3, 0.4) is 0 Å². The van der Waals surface area contributed by atoms with E-state index in [1.807, 2.05) is 30.3 Å². The topological polar surface area (TPSA) is 108 Å². The van der Waals surface area contributed by atoms with Gasteiger partial charge in [0, 0.05) is 27.4 Å². The minimum Gasteiger partial charge on any atom is -0.495 e. The molecule has 0 radical (unpaired) electrons. The van der Waals surface area contributed by atoms with E-state index in [2.05, 4.69) is 15.5 Å². The summed E-state index contributed by atoms with van der Waals surface area (Å²) in [5.74, 6) is 6.81. The summed E-state index contributed by atoms with van der Waals surface area (Å²) in [6.07, 6.45) is 0. The molecule has 0 spiro atoms. The minimum atomic E-state index is -0.271. The van der Waals surface area contributed by atoms with Crippen LogP contribution in [-0.4, -0.2) is 33.6 Å². The van der Waals surface area contributed by atoms with Gasteiger partial charge in [0.1, 0.15) is 16.9 Å². The second-order valence-electron chi connectivity index (χ2n) is 7.28. The van der Waals surface area contributed by atoms with E-state index in [9.17, 15) is 4.79 Å². The Kier molecular flexibility index (Phi) is 5.99. The molecule has 8 nitrogen and oxygen atoms in total. The highest BCUT2D eigenvalue weighted by Gasteiger charge is 2.18. The lowest BCUT2D eigenvalue weighted by atomic mass is 10.1.